The molecule has 0 bridgehead atoms. The van der Waals surface area contributed by atoms with Crippen molar-refractivity contribution in [2.24, 2.45) is 10.7 Å². The van der Waals surface area contributed by atoms with Crippen LogP contribution in [0.3, 0.4) is 0 Å². The predicted octanol–water partition coefficient (Wildman–Crippen LogP) is 4.59. The van der Waals surface area contributed by atoms with E-state index in [0.29, 0.717) is 30.0 Å². The van der Waals surface area contributed by atoms with Crippen molar-refractivity contribution >= 4 is 24.1 Å². The number of aliphatic imine (C=N–C) groups is 1. The van der Waals surface area contributed by atoms with Crippen LogP contribution >= 0.6 is 0 Å². The van der Waals surface area contributed by atoms with Crippen LogP contribution in [-0.2, 0) is 24.3 Å². The highest BCUT2D eigenvalue weighted by molar-refractivity contribution is 5.89. The fraction of sp³-hybridized carbons (Fsp3) is 0.250. The third-order valence-electron chi connectivity index (χ3n) is 5.55. The lowest BCUT2D eigenvalue weighted by molar-refractivity contribution is -0.115. The van der Waals surface area contributed by atoms with Gasteiger partial charge in [-0.25, -0.2) is 18.6 Å². The number of halogens is 2. The van der Waals surface area contributed by atoms with Crippen LogP contribution in [0.2, 0.25) is 0 Å². The van der Waals surface area contributed by atoms with Gasteiger partial charge in [0.15, 0.2) is 5.96 Å². The van der Waals surface area contributed by atoms with Crippen molar-refractivity contribution in [3.05, 3.63) is 95.1 Å². The molecular formula is C28H31F2N5O3. The number of methoxy groups -OCH3 is 1. The lowest BCUT2D eigenvalue weighted by atomic mass is 9.95. The van der Waals surface area contributed by atoms with Crippen LogP contribution in [0.4, 0.5) is 19.3 Å². The molecule has 3 aromatic rings. The summed E-state index contributed by atoms with van der Waals surface area (Å²) in [5, 5.41) is 5.53. The molecule has 0 radical (unpaired) electrons. The molecule has 0 fully saturated rings. The summed E-state index contributed by atoms with van der Waals surface area (Å²) in [6.07, 6.45) is 0.803. The number of hydrogen-bond donors (Lipinski definition) is 3. The van der Waals surface area contributed by atoms with Gasteiger partial charge < -0.3 is 21.1 Å². The number of anilines is 1. The van der Waals surface area contributed by atoms with Crippen LogP contribution in [0, 0.1) is 11.6 Å². The quantitative estimate of drug-likeness (QED) is 0.205. The van der Waals surface area contributed by atoms with Gasteiger partial charge in [-0.2, -0.15) is 0 Å². The van der Waals surface area contributed by atoms with Crippen molar-refractivity contribution < 1.29 is 23.1 Å². The van der Waals surface area contributed by atoms with Gasteiger partial charge in [-0.1, -0.05) is 30.3 Å². The topological polar surface area (TPSA) is 109 Å². The van der Waals surface area contributed by atoms with E-state index in [2.05, 4.69) is 15.6 Å². The second-order valence-corrected chi connectivity index (χ2v) is 9.33. The van der Waals surface area contributed by atoms with E-state index < -0.39 is 17.2 Å². The minimum Gasteiger partial charge on any atom is -0.497 e. The van der Waals surface area contributed by atoms with Crippen LogP contribution in [-0.4, -0.2) is 35.9 Å². The third kappa shape index (κ3) is 8.58. The maximum absolute atomic E-state index is 13.5. The lowest BCUT2D eigenvalue weighted by Gasteiger charge is -2.24. The first kappa shape index (κ1) is 28.1. The zero-order chi connectivity index (χ0) is 27.7. The molecule has 0 atom stereocenters. The Morgan fingerprint density at radius 2 is 1.68 bits per heavy atom. The standard InChI is InChI=1S/C28H31F2N5O3/c1-28(2,15-21-11-22(29)13-23(30)12-21)34-26(31)35(18-36)17-20-9-7-19(8-10-20)16-32-27(37)33-24-5-4-6-25(14-24)38-3/h4-14,18H,15-17H2,1-3H3,(H2,31,34)(H2,32,33,37). The Labute approximate surface area is 220 Å². The van der Waals surface area contributed by atoms with E-state index in [1.54, 1.807) is 45.2 Å². The molecule has 0 spiro atoms. The number of hydrogen-bond acceptors (Lipinski definition) is 4. The van der Waals surface area contributed by atoms with E-state index in [1.165, 1.54) is 17.0 Å². The number of urea groups is 1. The molecule has 3 amide bonds. The zero-order valence-electron chi connectivity index (χ0n) is 21.5. The SMILES string of the molecule is COc1cccc(NC(=O)NCc2ccc(CN(C=O)C(N)=NC(C)(C)Cc3cc(F)cc(F)c3)cc2)c1. The highest BCUT2D eigenvalue weighted by Gasteiger charge is 2.21. The fourth-order valence-electron chi connectivity index (χ4n) is 3.82. The minimum atomic E-state index is -0.813. The largest absolute Gasteiger partial charge is 0.497 e. The number of carbonyl (C=O) groups is 2. The Morgan fingerprint density at radius 3 is 2.32 bits per heavy atom. The first-order valence-corrected chi connectivity index (χ1v) is 11.9. The second kappa shape index (κ2) is 12.7. The highest BCUT2D eigenvalue weighted by Crippen LogP contribution is 2.20. The van der Waals surface area contributed by atoms with Gasteiger partial charge in [0.2, 0.25) is 6.41 Å². The van der Waals surface area contributed by atoms with Gasteiger partial charge in [0.1, 0.15) is 17.4 Å². The Bertz CT molecular complexity index is 1280. The first-order chi connectivity index (χ1) is 18.1. The molecule has 0 unspecified atom stereocenters. The van der Waals surface area contributed by atoms with Crippen molar-refractivity contribution in [3.8, 4) is 5.75 Å². The second-order valence-electron chi connectivity index (χ2n) is 9.33. The molecule has 8 nitrogen and oxygen atoms in total. The average Bonchev–Trinajstić information content (AvgIpc) is 2.85. The van der Waals surface area contributed by atoms with E-state index in [1.807, 2.05) is 24.3 Å². The molecule has 0 saturated heterocycles. The number of amides is 3. The molecule has 4 N–H and O–H groups in total. The van der Waals surface area contributed by atoms with E-state index in [-0.39, 0.29) is 25.0 Å². The fourth-order valence-corrected chi connectivity index (χ4v) is 3.82. The van der Waals surface area contributed by atoms with Gasteiger partial charge in [-0.3, -0.25) is 9.69 Å². The van der Waals surface area contributed by atoms with Crippen molar-refractivity contribution in [1.82, 2.24) is 10.2 Å². The summed E-state index contributed by atoms with van der Waals surface area (Å²) in [5.41, 5.74) is 7.99. The highest BCUT2D eigenvalue weighted by atomic mass is 19.1. The Morgan fingerprint density at radius 1 is 1.03 bits per heavy atom. The van der Waals surface area contributed by atoms with Crippen LogP contribution in [0.25, 0.3) is 0 Å². The zero-order valence-corrected chi connectivity index (χ0v) is 21.5. The summed E-state index contributed by atoms with van der Waals surface area (Å²) in [5.74, 6) is -0.711. The van der Waals surface area contributed by atoms with E-state index in [9.17, 15) is 18.4 Å². The van der Waals surface area contributed by atoms with Gasteiger partial charge in [0.05, 0.1) is 19.2 Å². The minimum absolute atomic E-state index is 0.0122. The third-order valence-corrected chi connectivity index (χ3v) is 5.55. The molecule has 0 aliphatic rings. The summed E-state index contributed by atoms with van der Waals surface area (Å²) in [7, 11) is 1.55. The molecule has 3 aromatic carbocycles. The van der Waals surface area contributed by atoms with Crippen LogP contribution in [0.15, 0.2) is 71.7 Å². The molecular weight excluding hydrogens is 492 g/mol. The number of guanidine groups is 1. The predicted molar refractivity (Wildman–Crippen MR) is 143 cm³/mol. The molecule has 0 saturated carbocycles. The van der Waals surface area contributed by atoms with Gasteiger partial charge in [0.25, 0.3) is 0 Å². The Kier molecular flexibility index (Phi) is 9.37. The van der Waals surface area contributed by atoms with Crippen molar-refractivity contribution in [2.45, 2.75) is 38.9 Å². The summed E-state index contributed by atoms with van der Waals surface area (Å²) >= 11 is 0. The number of nitrogens with two attached hydrogens (primary N) is 1. The molecule has 0 aliphatic carbocycles. The number of ether oxygens (including phenoxy) is 1. The molecule has 0 aliphatic heterocycles. The summed E-state index contributed by atoms with van der Waals surface area (Å²) < 4.78 is 32.2. The first-order valence-electron chi connectivity index (χ1n) is 11.9. The van der Waals surface area contributed by atoms with Crippen molar-refractivity contribution in [3.63, 3.8) is 0 Å². The molecule has 3 rings (SSSR count). The van der Waals surface area contributed by atoms with Crippen LogP contribution < -0.4 is 21.1 Å². The van der Waals surface area contributed by atoms with Gasteiger partial charge in [0, 0.05) is 24.4 Å². The van der Waals surface area contributed by atoms with E-state index >= 15 is 0 Å². The van der Waals surface area contributed by atoms with E-state index in [4.69, 9.17) is 10.5 Å². The lowest BCUT2D eigenvalue weighted by Crippen LogP contribution is -2.39. The summed E-state index contributed by atoms with van der Waals surface area (Å²) in [6, 6.07) is 17.3. The maximum atomic E-state index is 13.5. The Hall–Kier alpha value is -4.47. The number of benzene rings is 3. The molecule has 200 valence electrons. The Balaban J connectivity index is 1.56. The van der Waals surface area contributed by atoms with E-state index in [0.717, 1.165) is 17.2 Å². The molecule has 10 heteroatoms. The number of carbonyl (C=O) groups excluding carboxylic acids is 2. The number of nitrogens with one attached hydrogen (secondary N) is 2. The number of rotatable bonds is 10. The van der Waals surface area contributed by atoms with Gasteiger partial charge in [-0.05, 0) is 61.2 Å². The summed E-state index contributed by atoms with van der Waals surface area (Å²) in [6.45, 7) is 4.00. The van der Waals surface area contributed by atoms with Crippen molar-refractivity contribution in [1.29, 1.82) is 0 Å². The van der Waals surface area contributed by atoms with Crippen LogP contribution in [0.1, 0.15) is 30.5 Å². The summed E-state index contributed by atoms with van der Waals surface area (Å²) in [4.78, 5) is 29.6. The maximum Gasteiger partial charge on any atom is 0.319 e. The van der Waals surface area contributed by atoms with Gasteiger partial charge in [-0.15, -0.1) is 0 Å². The molecule has 0 aromatic heterocycles. The van der Waals surface area contributed by atoms with Crippen LogP contribution in [0.5, 0.6) is 5.75 Å². The molecule has 0 heterocycles. The molecule has 38 heavy (non-hydrogen) atoms. The van der Waals surface area contributed by atoms with Gasteiger partial charge >= 0.3 is 6.03 Å². The average molecular weight is 524 g/mol. The number of nitrogens with zero attached hydrogens (tertiary/aromatic N) is 2. The normalized spacial score (nSPS) is 11.6. The monoisotopic (exact) mass is 523 g/mol. The smallest absolute Gasteiger partial charge is 0.319 e. The van der Waals surface area contributed by atoms with Crippen molar-refractivity contribution in [2.75, 3.05) is 12.4 Å².